The molecular weight excluding hydrogens is 238 g/mol. The molecule has 0 bridgehead atoms. The molecule has 1 N–H and O–H groups in total. The smallest absolute Gasteiger partial charge is 0.213 e. The van der Waals surface area contributed by atoms with Gasteiger partial charge in [-0.15, -0.1) is 0 Å². The van der Waals surface area contributed by atoms with Crippen molar-refractivity contribution in [3.63, 3.8) is 0 Å². The van der Waals surface area contributed by atoms with Crippen LogP contribution in [0.2, 0.25) is 0 Å². The van der Waals surface area contributed by atoms with Crippen molar-refractivity contribution in [3.05, 3.63) is 18.3 Å². The van der Waals surface area contributed by atoms with Gasteiger partial charge in [0, 0.05) is 25.2 Å². The van der Waals surface area contributed by atoms with Crippen LogP contribution in [0.5, 0.6) is 5.88 Å². The van der Waals surface area contributed by atoms with Gasteiger partial charge in [-0.25, -0.2) is 4.98 Å². The van der Waals surface area contributed by atoms with Crippen LogP contribution in [0.3, 0.4) is 0 Å². The molecule has 2 heterocycles. The van der Waals surface area contributed by atoms with E-state index in [1.54, 1.807) is 0 Å². The highest BCUT2D eigenvalue weighted by Gasteiger charge is 2.18. The molecule has 1 aliphatic rings. The quantitative estimate of drug-likeness (QED) is 0.856. The SMILES string of the molecule is CCCN1CCC(Nc2ccc(OCC)nc2)CC1. The van der Waals surface area contributed by atoms with Crippen LogP contribution in [0.15, 0.2) is 18.3 Å². The highest BCUT2D eigenvalue weighted by molar-refractivity contribution is 5.43. The molecule has 1 saturated heterocycles. The van der Waals surface area contributed by atoms with Crippen molar-refractivity contribution in [2.24, 2.45) is 0 Å². The minimum absolute atomic E-state index is 0.577. The third kappa shape index (κ3) is 4.39. The van der Waals surface area contributed by atoms with E-state index < -0.39 is 0 Å². The van der Waals surface area contributed by atoms with Crippen LogP contribution in [0.1, 0.15) is 33.1 Å². The Labute approximate surface area is 116 Å². The number of hydrogen-bond acceptors (Lipinski definition) is 4. The average Bonchev–Trinajstić information content (AvgIpc) is 2.44. The summed E-state index contributed by atoms with van der Waals surface area (Å²) >= 11 is 0. The van der Waals surface area contributed by atoms with Gasteiger partial charge in [0.25, 0.3) is 0 Å². The summed E-state index contributed by atoms with van der Waals surface area (Å²) in [5, 5.41) is 3.57. The van der Waals surface area contributed by atoms with E-state index in [-0.39, 0.29) is 0 Å². The Bertz CT molecular complexity index is 358. The number of ether oxygens (including phenoxy) is 1. The van der Waals surface area contributed by atoms with Crippen molar-refractivity contribution in [3.8, 4) is 5.88 Å². The monoisotopic (exact) mass is 263 g/mol. The van der Waals surface area contributed by atoms with Crippen LogP contribution in [-0.4, -0.2) is 42.2 Å². The largest absolute Gasteiger partial charge is 0.478 e. The lowest BCUT2D eigenvalue weighted by Gasteiger charge is -2.32. The lowest BCUT2D eigenvalue weighted by molar-refractivity contribution is 0.219. The minimum atomic E-state index is 0.577. The molecule has 0 aromatic carbocycles. The fourth-order valence-electron chi connectivity index (χ4n) is 2.55. The maximum Gasteiger partial charge on any atom is 0.213 e. The Morgan fingerprint density at radius 1 is 1.32 bits per heavy atom. The van der Waals surface area contributed by atoms with Crippen LogP contribution < -0.4 is 10.1 Å². The Hall–Kier alpha value is -1.29. The normalized spacial score (nSPS) is 17.4. The van der Waals surface area contributed by atoms with E-state index >= 15 is 0 Å². The lowest BCUT2D eigenvalue weighted by Crippen LogP contribution is -2.39. The van der Waals surface area contributed by atoms with Gasteiger partial charge >= 0.3 is 0 Å². The molecule has 0 spiro atoms. The first-order valence-corrected chi connectivity index (χ1v) is 7.39. The number of rotatable bonds is 6. The van der Waals surface area contributed by atoms with Crippen molar-refractivity contribution in [2.75, 3.05) is 31.6 Å². The fraction of sp³-hybridized carbons (Fsp3) is 0.667. The number of hydrogen-bond donors (Lipinski definition) is 1. The number of aromatic nitrogens is 1. The van der Waals surface area contributed by atoms with Gasteiger partial charge in [0.05, 0.1) is 18.5 Å². The second-order valence-corrected chi connectivity index (χ2v) is 5.08. The first-order valence-electron chi connectivity index (χ1n) is 7.39. The maximum absolute atomic E-state index is 5.35. The van der Waals surface area contributed by atoms with Crippen molar-refractivity contribution >= 4 is 5.69 Å². The summed E-state index contributed by atoms with van der Waals surface area (Å²) in [4.78, 5) is 6.83. The van der Waals surface area contributed by atoms with E-state index in [0.717, 1.165) is 5.69 Å². The Morgan fingerprint density at radius 2 is 2.11 bits per heavy atom. The van der Waals surface area contributed by atoms with Gasteiger partial charge in [-0.3, -0.25) is 0 Å². The maximum atomic E-state index is 5.35. The van der Waals surface area contributed by atoms with E-state index in [1.165, 1.54) is 38.9 Å². The fourth-order valence-corrected chi connectivity index (χ4v) is 2.55. The third-order valence-electron chi connectivity index (χ3n) is 3.53. The van der Waals surface area contributed by atoms with Crippen LogP contribution in [0.4, 0.5) is 5.69 Å². The molecule has 0 aliphatic carbocycles. The molecule has 0 atom stereocenters. The van der Waals surface area contributed by atoms with Crippen molar-refractivity contribution in [1.29, 1.82) is 0 Å². The lowest BCUT2D eigenvalue weighted by atomic mass is 10.0. The van der Waals surface area contributed by atoms with Crippen LogP contribution in [0.25, 0.3) is 0 Å². The Kier molecular flexibility index (Phi) is 5.45. The zero-order valence-corrected chi connectivity index (χ0v) is 12.1. The summed E-state index contributed by atoms with van der Waals surface area (Å²) in [6.45, 7) is 8.52. The van der Waals surface area contributed by atoms with Gasteiger partial charge in [0.15, 0.2) is 0 Å². The standard InChI is InChI=1S/C15H25N3O/c1-3-9-18-10-7-13(8-11-18)17-14-5-6-15(16-12-14)19-4-2/h5-6,12-13,17H,3-4,7-11H2,1-2H3. The Balaban J connectivity index is 1.78. The van der Waals surface area contributed by atoms with Crippen molar-refractivity contribution in [1.82, 2.24) is 9.88 Å². The highest BCUT2D eigenvalue weighted by atomic mass is 16.5. The molecule has 2 rings (SSSR count). The second kappa shape index (κ2) is 7.34. The molecule has 0 unspecified atom stereocenters. The topological polar surface area (TPSA) is 37.4 Å². The summed E-state index contributed by atoms with van der Waals surface area (Å²) in [7, 11) is 0. The summed E-state index contributed by atoms with van der Waals surface area (Å²) in [5.74, 6) is 0.700. The highest BCUT2D eigenvalue weighted by Crippen LogP contribution is 2.17. The first-order chi connectivity index (χ1) is 9.31. The van der Waals surface area contributed by atoms with E-state index in [2.05, 4.69) is 28.2 Å². The molecule has 1 fully saturated rings. The number of pyridine rings is 1. The molecule has 0 amide bonds. The number of nitrogens with one attached hydrogen (secondary N) is 1. The molecule has 19 heavy (non-hydrogen) atoms. The molecular formula is C15H25N3O. The zero-order chi connectivity index (χ0) is 13.5. The first kappa shape index (κ1) is 14.1. The van der Waals surface area contributed by atoms with E-state index in [9.17, 15) is 0 Å². The van der Waals surface area contributed by atoms with Crippen LogP contribution in [0, 0.1) is 0 Å². The predicted octanol–water partition coefficient (Wildman–Crippen LogP) is 2.77. The van der Waals surface area contributed by atoms with E-state index in [1.807, 2.05) is 19.2 Å². The minimum Gasteiger partial charge on any atom is -0.478 e. The van der Waals surface area contributed by atoms with Gasteiger partial charge < -0.3 is 15.0 Å². The molecule has 1 aromatic heterocycles. The number of piperidine rings is 1. The van der Waals surface area contributed by atoms with Gasteiger partial charge in [0.1, 0.15) is 0 Å². The molecule has 0 saturated carbocycles. The molecule has 1 aliphatic heterocycles. The summed E-state index contributed by atoms with van der Waals surface area (Å²) in [5.41, 5.74) is 1.09. The molecule has 4 heteroatoms. The van der Waals surface area contributed by atoms with Gasteiger partial charge in [-0.1, -0.05) is 6.92 Å². The van der Waals surface area contributed by atoms with E-state index in [0.29, 0.717) is 18.5 Å². The Morgan fingerprint density at radius 3 is 2.68 bits per heavy atom. The van der Waals surface area contributed by atoms with E-state index in [4.69, 9.17) is 4.74 Å². The van der Waals surface area contributed by atoms with Crippen molar-refractivity contribution < 1.29 is 4.74 Å². The molecule has 0 radical (unpaired) electrons. The van der Waals surface area contributed by atoms with Crippen LogP contribution >= 0.6 is 0 Å². The molecule has 4 nitrogen and oxygen atoms in total. The van der Waals surface area contributed by atoms with Gasteiger partial charge in [-0.05, 0) is 38.8 Å². The molecule has 106 valence electrons. The predicted molar refractivity (Wildman–Crippen MR) is 78.8 cm³/mol. The number of anilines is 1. The van der Waals surface area contributed by atoms with Crippen molar-refractivity contribution in [2.45, 2.75) is 39.2 Å². The second-order valence-electron chi connectivity index (χ2n) is 5.08. The summed E-state index contributed by atoms with van der Waals surface area (Å²) in [6, 6.07) is 4.56. The molecule has 1 aromatic rings. The zero-order valence-electron chi connectivity index (χ0n) is 12.1. The van der Waals surface area contributed by atoms with Gasteiger partial charge in [0.2, 0.25) is 5.88 Å². The average molecular weight is 263 g/mol. The summed E-state index contributed by atoms with van der Waals surface area (Å²) < 4.78 is 5.35. The number of nitrogens with zero attached hydrogens (tertiary/aromatic N) is 2. The number of likely N-dealkylation sites (tertiary alicyclic amines) is 1. The van der Waals surface area contributed by atoms with Gasteiger partial charge in [-0.2, -0.15) is 0 Å². The summed E-state index contributed by atoms with van der Waals surface area (Å²) in [6.07, 6.45) is 5.55. The van der Waals surface area contributed by atoms with Crippen LogP contribution in [-0.2, 0) is 0 Å². The third-order valence-corrected chi connectivity index (χ3v) is 3.53.